The highest BCUT2D eigenvalue weighted by Crippen LogP contribution is 2.10. The number of aromatic nitrogens is 5. The maximum Gasteiger partial charge on any atom is 0.243 e. The van der Waals surface area contributed by atoms with Gasteiger partial charge in [0.2, 0.25) is 5.95 Å². The smallest absolute Gasteiger partial charge is 0.243 e. The van der Waals surface area contributed by atoms with Gasteiger partial charge in [0.1, 0.15) is 5.52 Å². The summed E-state index contributed by atoms with van der Waals surface area (Å²) < 4.78 is 0. The van der Waals surface area contributed by atoms with Crippen molar-refractivity contribution in [3.8, 4) is 0 Å². The van der Waals surface area contributed by atoms with Crippen molar-refractivity contribution in [2.75, 3.05) is 5.32 Å². The first-order valence-electron chi connectivity index (χ1n) is 5.65. The Morgan fingerprint density at radius 2 is 2.00 bits per heavy atom. The van der Waals surface area contributed by atoms with Crippen molar-refractivity contribution in [3.63, 3.8) is 0 Å². The van der Waals surface area contributed by atoms with Gasteiger partial charge in [0.05, 0.1) is 11.7 Å². The van der Waals surface area contributed by atoms with E-state index in [1.807, 2.05) is 31.2 Å². The fraction of sp³-hybridized carbons (Fsp3) is 0.167. The van der Waals surface area contributed by atoms with Crippen LogP contribution in [0.15, 0.2) is 30.5 Å². The number of nitrogens with one attached hydrogen (secondary N) is 2. The second kappa shape index (κ2) is 4.40. The highest BCUT2D eigenvalue weighted by molar-refractivity contribution is 5.73. The van der Waals surface area contributed by atoms with Crippen LogP contribution in [0, 0.1) is 6.92 Å². The van der Waals surface area contributed by atoms with Gasteiger partial charge in [-0.2, -0.15) is 5.10 Å². The quantitative estimate of drug-likeness (QED) is 0.728. The zero-order chi connectivity index (χ0) is 12.4. The van der Waals surface area contributed by atoms with Crippen molar-refractivity contribution in [2.45, 2.75) is 13.5 Å². The number of hydrogen-bond donors (Lipinski definition) is 2. The largest absolute Gasteiger partial charge is 0.349 e. The van der Waals surface area contributed by atoms with Crippen molar-refractivity contribution >= 4 is 17.0 Å². The van der Waals surface area contributed by atoms with Crippen LogP contribution >= 0.6 is 0 Å². The third kappa shape index (κ3) is 2.00. The molecule has 0 spiro atoms. The predicted octanol–water partition coefficient (Wildman–Crippen LogP) is 1.67. The molecule has 18 heavy (non-hydrogen) atoms. The van der Waals surface area contributed by atoms with Crippen molar-refractivity contribution in [1.82, 2.24) is 25.4 Å². The average molecular weight is 240 g/mol. The third-order valence-corrected chi connectivity index (χ3v) is 2.73. The van der Waals surface area contributed by atoms with E-state index in [1.165, 1.54) is 0 Å². The lowest BCUT2D eigenvalue weighted by Crippen LogP contribution is -2.05. The summed E-state index contributed by atoms with van der Waals surface area (Å²) in [5.74, 6) is 0.523. The normalized spacial score (nSPS) is 10.7. The monoisotopic (exact) mass is 240 g/mol. The zero-order valence-electron chi connectivity index (χ0n) is 9.88. The second-order valence-electron chi connectivity index (χ2n) is 4.00. The minimum Gasteiger partial charge on any atom is -0.349 e. The molecule has 0 fully saturated rings. The highest BCUT2D eigenvalue weighted by Gasteiger charge is 2.03. The van der Waals surface area contributed by atoms with Gasteiger partial charge in [-0.3, -0.25) is 5.10 Å². The number of rotatable bonds is 3. The molecular formula is C12H12N6. The van der Waals surface area contributed by atoms with E-state index in [4.69, 9.17) is 0 Å². The van der Waals surface area contributed by atoms with Crippen LogP contribution in [0.1, 0.15) is 11.3 Å². The summed E-state index contributed by atoms with van der Waals surface area (Å²) in [4.78, 5) is 4.39. The summed E-state index contributed by atoms with van der Waals surface area (Å²) in [5, 5.41) is 18.1. The molecule has 2 heterocycles. The molecule has 0 saturated carbocycles. The highest BCUT2D eigenvalue weighted by atomic mass is 15.2. The molecule has 3 rings (SSSR count). The van der Waals surface area contributed by atoms with Gasteiger partial charge in [-0.1, -0.05) is 12.1 Å². The van der Waals surface area contributed by atoms with Gasteiger partial charge < -0.3 is 5.32 Å². The molecule has 0 unspecified atom stereocenters. The first-order valence-corrected chi connectivity index (χ1v) is 5.65. The van der Waals surface area contributed by atoms with E-state index < -0.39 is 0 Å². The first-order chi connectivity index (χ1) is 8.83. The number of anilines is 1. The molecule has 6 heteroatoms. The van der Waals surface area contributed by atoms with E-state index in [0.717, 1.165) is 22.3 Å². The van der Waals surface area contributed by atoms with Crippen LogP contribution in [0.3, 0.4) is 0 Å². The van der Waals surface area contributed by atoms with Crippen LogP contribution in [0.2, 0.25) is 0 Å². The van der Waals surface area contributed by atoms with Crippen LogP contribution in [-0.4, -0.2) is 25.4 Å². The maximum atomic E-state index is 4.39. The zero-order valence-corrected chi connectivity index (χ0v) is 9.88. The van der Waals surface area contributed by atoms with E-state index in [9.17, 15) is 0 Å². The Kier molecular flexibility index (Phi) is 2.60. The topological polar surface area (TPSA) is 79.4 Å². The van der Waals surface area contributed by atoms with Crippen LogP contribution in [0.5, 0.6) is 0 Å². The Bertz CT molecular complexity index is 675. The molecule has 6 nitrogen and oxygen atoms in total. The predicted molar refractivity (Wildman–Crippen MR) is 68.0 cm³/mol. The molecule has 90 valence electrons. The van der Waals surface area contributed by atoms with Crippen LogP contribution in [0.4, 0.5) is 5.95 Å². The van der Waals surface area contributed by atoms with Crippen molar-refractivity contribution in [2.24, 2.45) is 0 Å². The molecule has 2 aromatic heterocycles. The Balaban J connectivity index is 1.81. The summed E-state index contributed by atoms with van der Waals surface area (Å²) in [7, 11) is 0. The summed E-state index contributed by atoms with van der Waals surface area (Å²) in [6, 6.07) is 7.65. The van der Waals surface area contributed by atoms with Gasteiger partial charge in [0, 0.05) is 17.8 Å². The van der Waals surface area contributed by atoms with E-state index in [1.54, 1.807) is 6.20 Å². The maximum absolute atomic E-state index is 4.39. The molecule has 0 aliphatic rings. The summed E-state index contributed by atoms with van der Waals surface area (Å²) in [5.41, 5.74) is 3.75. The van der Waals surface area contributed by atoms with E-state index in [2.05, 4.69) is 30.7 Å². The lowest BCUT2D eigenvalue weighted by Gasteiger charge is -2.03. The SMILES string of the molecule is Cc1[nH]ncc1CNc1nnc2ccccc2n1. The van der Waals surface area contributed by atoms with E-state index >= 15 is 0 Å². The fourth-order valence-corrected chi connectivity index (χ4v) is 1.68. The lowest BCUT2D eigenvalue weighted by atomic mass is 10.3. The molecule has 0 amide bonds. The Morgan fingerprint density at radius 1 is 1.17 bits per heavy atom. The fourth-order valence-electron chi connectivity index (χ4n) is 1.68. The van der Waals surface area contributed by atoms with Crippen LogP contribution in [-0.2, 0) is 6.54 Å². The Labute approximate surface area is 103 Å². The van der Waals surface area contributed by atoms with Crippen molar-refractivity contribution in [1.29, 1.82) is 0 Å². The number of aryl methyl sites for hydroxylation is 1. The molecular weight excluding hydrogens is 228 g/mol. The van der Waals surface area contributed by atoms with Crippen LogP contribution in [0.25, 0.3) is 11.0 Å². The molecule has 0 aliphatic carbocycles. The molecule has 1 aromatic carbocycles. The Hall–Kier alpha value is -2.50. The molecule has 3 aromatic rings. The molecule has 2 N–H and O–H groups in total. The molecule has 0 saturated heterocycles. The number of para-hydroxylation sites is 1. The summed E-state index contributed by atoms with van der Waals surface area (Å²) >= 11 is 0. The summed E-state index contributed by atoms with van der Waals surface area (Å²) in [6.45, 7) is 2.60. The number of H-pyrrole nitrogens is 1. The van der Waals surface area contributed by atoms with Gasteiger partial charge in [0.25, 0.3) is 0 Å². The molecule has 0 aliphatic heterocycles. The van der Waals surface area contributed by atoms with Gasteiger partial charge in [-0.25, -0.2) is 4.98 Å². The molecule has 0 radical (unpaired) electrons. The van der Waals surface area contributed by atoms with Gasteiger partial charge in [0.15, 0.2) is 0 Å². The van der Waals surface area contributed by atoms with Crippen molar-refractivity contribution < 1.29 is 0 Å². The minimum absolute atomic E-state index is 0.523. The third-order valence-electron chi connectivity index (χ3n) is 2.73. The molecule has 0 bridgehead atoms. The minimum atomic E-state index is 0.523. The van der Waals surface area contributed by atoms with Gasteiger partial charge in [-0.15, -0.1) is 10.2 Å². The first kappa shape index (κ1) is 10.6. The number of aromatic amines is 1. The number of hydrogen-bond acceptors (Lipinski definition) is 5. The van der Waals surface area contributed by atoms with E-state index in [-0.39, 0.29) is 0 Å². The lowest BCUT2D eigenvalue weighted by molar-refractivity contribution is 0.979. The number of nitrogens with zero attached hydrogens (tertiary/aromatic N) is 4. The standard InChI is InChI=1S/C12H12N6/c1-8-9(7-14-16-8)6-13-12-15-10-4-2-3-5-11(10)17-18-12/h2-5,7H,6H2,1H3,(H,14,16)(H,13,15,18). The van der Waals surface area contributed by atoms with Gasteiger partial charge in [-0.05, 0) is 19.1 Å². The second-order valence-corrected chi connectivity index (χ2v) is 4.00. The van der Waals surface area contributed by atoms with Crippen molar-refractivity contribution in [3.05, 3.63) is 41.7 Å². The van der Waals surface area contributed by atoms with Gasteiger partial charge >= 0.3 is 0 Å². The number of benzene rings is 1. The average Bonchev–Trinajstić information content (AvgIpc) is 2.82. The summed E-state index contributed by atoms with van der Waals surface area (Å²) in [6.07, 6.45) is 1.79. The number of fused-ring (bicyclic) bond motifs is 1. The van der Waals surface area contributed by atoms with Crippen LogP contribution < -0.4 is 5.32 Å². The van der Waals surface area contributed by atoms with E-state index in [0.29, 0.717) is 12.5 Å². The molecule has 0 atom stereocenters. The Morgan fingerprint density at radius 3 is 2.78 bits per heavy atom.